The molecule has 0 saturated carbocycles. The van der Waals surface area contributed by atoms with Gasteiger partial charge in [-0.3, -0.25) is 14.9 Å². The molecule has 2 amide bonds. The molecule has 0 spiro atoms. The van der Waals surface area contributed by atoms with E-state index in [9.17, 15) is 35.9 Å². The lowest BCUT2D eigenvalue weighted by Crippen LogP contribution is -2.38. The summed E-state index contributed by atoms with van der Waals surface area (Å²) in [6, 6.07) is 5.96. The highest BCUT2D eigenvalue weighted by Crippen LogP contribution is 2.39. The van der Waals surface area contributed by atoms with Gasteiger partial charge in [-0.25, -0.2) is 9.97 Å². The topological polar surface area (TPSA) is 100 Å². The number of amides is 2. The molecule has 0 unspecified atom stereocenters. The highest BCUT2D eigenvalue weighted by Gasteiger charge is 2.37. The molecular formula is C28H27F6N5O3S. The molecule has 43 heavy (non-hydrogen) atoms. The number of anilines is 1. The fraction of sp³-hybridized carbons (Fsp3) is 0.357. The number of benzene rings is 1. The van der Waals surface area contributed by atoms with Crippen molar-refractivity contribution >= 4 is 35.4 Å². The van der Waals surface area contributed by atoms with E-state index in [-0.39, 0.29) is 23.9 Å². The number of carbonyl (C=O) groups is 2. The summed E-state index contributed by atoms with van der Waals surface area (Å²) in [7, 11) is 0. The molecule has 2 aromatic heterocycles. The van der Waals surface area contributed by atoms with Gasteiger partial charge in [0.15, 0.2) is 0 Å². The maximum atomic E-state index is 13.2. The van der Waals surface area contributed by atoms with E-state index in [1.54, 1.807) is 25.3 Å². The Morgan fingerprint density at radius 2 is 1.74 bits per heavy atom. The maximum Gasteiger partial charge on any atom is 0.416 e. The van der Waals surface area contributed by atoms with E-state index in [0.717, 1.165) is 24.6 Å². The van der Waals surface area contributed by atoms with Crippen LogP contribution in [0.3, 0.4) is 0 Å². The van der Waals surface area contributed by atoms with E-state index in [2.05, 4.69) is 25.5 Å². The number of aromatic nitrogens is 2. The minimum absolute atomic E-state index is 0.0845. The monoisotopic (exact) mass is 627 g/mol. The second-order valence-electron chi connectivity index (χ2n) is 9.81. The van der Waals surface area contributed by atoms with Crippen molar-refractivity contribution in [1.82, 2.24) is 20.6 Å². The highest BCUT2D eigenvalue weighted by atomic mass is 32.2. The summed E-state index contributed by atoms with van der Waals surface area (Å²) in [5.74, 6) is 1.17. The van der Waals surface area contributed by atoms with Crippen molar-refractivity contribution in [1.29, 1.82) is 0 Å². The SMILES string of the molecule is C/C(=C/c1ccnc(N2CCC(CNCc3ccc(-c4cc(C(F)(F)F)cc(C(F)(F)F)c4)o3)CC2)n1)SC(=O)NC=O. The Balaban J connectivity index is 1.29. The van der Waals surface area contributed by atoms with Crippen LogP contribution < -0.4 is 15.5 Å². The molecule has 1 aliphatic rings. The standard InChI is InChI=1S/C28H27F6N5O3S/c1-17(43-26(41)37-16-40)10-22-4-7-36-25(38-22)39-8-5-18(6-9-39)14-35-15-23-2-3-24(42-23)19-11-20(27(29,30)31)13-21(12-19)28(32,33)34/h2-4,7,10-13,16,18,35H,5-6,8-9,14-15H2,1H3,(H,37,40,41)/b17-10-. The van der Waals surface area contributed by atoms with Crippen molar-refractivity contribution in [3.63, 3.8) is 0 Å². The first-order valence-electron chi connectivity index (χ1n) is 13.1. The average molecular weight is 628 g/mol. The number of alkyl halides is 6. The third-order valence-corrected chi connectivity index (χ3v) is 7.35. The molecular weight excluding hydrogens is 600 g/mol. The first kappa shape index (κ1) is 32.1. The van der Waals surface area contributed by atoms with E-state index < -0.39 is 28.7 Å². The number of rotatable bonds is 9. The van der Waals surface area contributed by atoms with Gasteiger partial charge in [-0.2, -0.15) is 26.3 Å². The normalized spacial score (nSPS) is 15.0. The molecule has 0 aliphatic carbocycles. The van der Waals surface area contributed by atoms with Crippen LogP contribution in [-0.2, 0) is 23.7 Å². The van der Waals surface area contributed by atoms with Gasteiger partial charge in [0.2, 0.25) is 12.4 Å². The molecule has 1 aromatic carbocycles. The summed E-state index contributed by atoms with van der Waals surface area (Å²) in [4.78, 5) is 33.5. The average Bonchev–Trinajstić information content (AvgIpc) is 3.41. The second-order valence-corrected chi connectivity index (χ2v) is 11.0. The minimum atomic E-state index is -4.94. The van der Waals surface area contributed by atoms with Gasteiger partial charge >= 0.3 is 12.4 Å². The Bertz CT molecular complexity index is 1430. The third kappa shape index (κ3) is 9.07. The molecule has 0 radical (unpaired) electrons. The van der Waals surface area contributed by atoms with Crippen LogP contribution in [0.5, 0.6) is 0 Å². The molecule has 230 valence electrons. The number of thioether (sulfide) groups is 1. The van der Waals surface area contributed by atoms with Crippen LogP contribution >= 0.6 is 11.8 Å². The molecule has 0 atom stereocenters. The number of carbonyl (C=O) groups excluding carboxylic acids is 2. The summed E-state index contributed by atoms with van der Waals surface area (Å²) in [5, 5.41) is 4.82. The third-order valence-electron chi connectivity index (χ3n) is 6.61. The van der Waals surface area contributed by atoms with Crippen LogP contribution in [0.15, 0.2) is 51.9 Å². The molecule has 4 rings (SSSR count). The molecule has 0 bridgehead atoms. The van der Waals surface area contributed by atoms with Crippen molar-refractivity contribution in [2.45, 2.75) is 38.7 Å². The molecule has 3 aromatic rings. The number of hydrogen-bond donors (Lipinski definition) is 2. The minimum Gasteiger partial charge on any atom is -0.460 e. The van der Waals surface area contributed by atoms with Gasteiger partial charge in [0.1, 0.15) is 11.5 Å². The van der Waals surface area contributed by atoms with Crippen LogP contribution in [0.4, 0.5) is 37.1 Å². The molecule has 1 aliphatic heterocycles. The number of nitrogens with one attached hydrogen (secondary N) is 2. The summed E-state index contributed by atoms with van der Waals surface area (Å²) >= 11 is 0.880. The Morgan fingerprint density at radius 1 is 1.07 bits per heavy atom. The number of imide groups is 1. The molecule has 1 fully saturated rings. The van der Waals surface area contributed by atoms with Crippen molar-refractivity contribution in [3.8, 4) is 11.3 Å². The largest absolute Gasteiger partial charge is 0.460 e. The van der Waals surface area contributed by atoms with Gasteiger partial charge < -0.3 is 14.6 Å². The van der Waals surface area contributed by atoms with Crippen LogP contribution in [-0.4, -0.2) is 41.3 Å². The van der Waals surface area contributed by atoms with Gasteiger partial charge in [0.25, 0.3) is 5.24 Å². The number of allylic oxidation sites excluding steroid dienone is 1. The lowest BCUT2D eigenvalue weighted by molar-refractivity contribution is -0.143. The van der Waals surface area contributed by atoms with Gasteiger partial charge in [-0.05, 0) is 91.4 Å². The summed E-state index contributed by atoms with van der Waals surface area (Å²) < 4.78 is 84.8. The molecule has 15 heteroatoms. The van der Waals surface area contributed by atoms with E-state index in [4.69, 9.17) is 4.42 Å². The van der Waals surface area contributed by atoms with Gasteiger partial charge in [-0.15, -0.1) is 0 Å². The van der Waals surface area contributed by atoms with Crippen LogP contribution in [0, 0.1) is 5.92 Å². The molecule has 3 heterocycles. The van der Waals surface area contributed by atoms with Crippen LogP contribution in [0.1, 0.15) is 42.3 Å². The summed E-state index contributed by atoms with van der Waals surface area (Å²) in [5.41, 5.74) is -2.49. The van der Waals surface area contributed by atoms with Gasteiger partial charge in [-0.1, -0.05) is 0 Å². The van der Waals surface area contributed by atoms with Crippen molar-refractivity contribution in [3.05, 3.63) is 70.1 Å². The Labute approximate surface area is 246 Å². The van der Waals surface area contributed by atoms with Crippen LogP contribution in [0.25, 0.3) is 17.4 Å². The molecule has 1 saturated heterocycles. The number of furan rings is 1. The fourth-order valence-corrected chi connectivity index (χ4v) is 5.10. The van der Waals surface area contributed by atoms with E-state index in [0.29, 0.717) is 66.4 Å². The first-order chi connectivity index (χ1) is 20.3. The van der Waals surface area contributed by atoms with Crippen molar-refractivity contribution in [2.24, 2.45) is 5.92 Å². The smallest absolute Gasteiger partial charge is 0.416 e. The Morgan fingerprint density at radius 3 is 2.37 bits per heavy atom. The predicted molar refractivity (Wildman–Crippen MR) is 149 cm³/mol. The number of piperidine rings is 1. The molecule has 8 nitrogen and oxygen atoms in total. The first-order valence-corrected chi connectivity index (χ1v) is 13.9. The van der Waals surface area contributed by atoms with E-state index in [1.807, 2.05) is 0 Å². The lowest BCUT2D eigenvalue weighted by atomic mass is 9.97. The second kappa shape index (κ2) is 13.6. The zero-order valence-corrected chi connectivity index (χ0v) is 23.6. The number of nitrogens with zero attached hydrogens (tertiary/aromatic N) is 3. The maximum absolute atomic E-state index is 13.2. The fourth-order valence-electron chi connectivity index (χ4n) is 4.52. The van der Waals surface area contributed by atoms with Gasteiger partial charge in [0, 0.05) is 24.8 Å². The number of hydrogen-bond acceptors (Lipinski definition) is 8. The van der Waals surface area contributed by atoms with Crippen molar-refractivity contribution < 1.29 is 40.3 Å². The highest BCUT2D eigenvalue weighted by molar-refractivity contribution is 8.17. The quantitative estimate of drug-likeness (QED) is 0.199. The Kier molecular flexibility index (Phi) is 10.2. The summed E-state index contributed by atoms with van der Waals surface area (Å²) in [6.07, 6.45) is -4.53. The number of halogens is 6. The van der Waals surface area contributed by atoms with E-state index >= 15 is 0 Å². The Hall–Kier alpha value is -3.85. The zero-order valence-electron chi connectivity index (χ0n) is 22.8. The predicted octanol–water partition coefficient (Wildman–Crippen LogP) is 6.74. The van der Waals surface area contributed by atoms with E-state index in [1.165, 1.54) is 12.1 Å². The van der Waals surface area contributed by atoms with Gasteiger partial charge in [0.05, 0.1) is 23.4 Å². The summed E-state index contributed by atoms with van der Waals surface area (Å²) in [6.45, 7) is 4.03. The zero-order chi connectivity index (χ0) is 31.2. The van der Waals surface area contributed by atoms with Crippen LogP contribution in [0.2, 0.25) is 0 Å². The van der Waals surface area contributed by atoms with Crippen molar-refractivity contribution in [2.75, 3.05) is 24.5 Å². The molecule has 2 N–H and O–H groups in total. The lowest BCUT2D eigenvalue weighted by Gasteiger charge is -2.32.